The zero-order chi connectivity index (χ0) is 32.0. The van der Waals surface area contributed by atoms with Crippen molar-refractivity contribution in [2.75, 3.05) is 81.9 Å². The second kappa shape index (κ2) is 23.1. The van der Waals surface area contributed by atoms with Crippen molar-refractivity contribution in [3.8, 4) is 0 Å². The fourth-order valence-corrected chi connectivity index (χ4v) is 7.38. The third kappa shape index (κ3) is 16.5. The highest BCUT2D eigenvalue weighted by Gasteiger charge is 2.37. The minimum Gasteiger partial charge on any atom is -0.377 e. The van der Waals surface area contributed by atoms with E-state index >= 15 is 0 Å². The first-order valence-corrected chi connectivity index (χ1v) is 18.5. The maximum absolute atomic E-state index is 13.1. The van der Waals surface area contributed by atoms with Gasteiger partial charge in [-0.15, -0.1) is 0 Å². The number of nitrogens with one attached hydrogen (secondary N) is 4. The number of hydrogen-bond donors (Lipinski definition) is 4. The van der Waals surface area contributed by atoms with Crippen LogP contribution in [0.15, 0.2) is 10.2 Å². The lowest BCUT2D eigenvalue weighted by Crippen LogP contribution is -2.45. The van der Waals surface area contributed by atoms with Gasteiger partial charge < -0.3 is 47.8 Å². The standard InChI is InChI=1S/C26H58N6O8Si2/c1-21(2)17-27-19-23(25(33)29-13-11-15-41(35-5,36-6)37-7)31-32-24(20-28-18-22(3)4)26(34)30-14-12-16-42(38-8,39-9)40-10/h21-24,27-28H,11-20H2,1-10H3,(H,29,33)(H,30,34). The molecule has 0 heterocycles. The van der Waals surface area contributed by atoms with Crippen molar-refractivity contribution < 1.29 is 36.1 Å². The molecule has 42 heavy (non-hydrogen) atoms. The van der Waals surface area contributed by atoms with Crippen molar-refractivity contribution >= 4 is 29.4 Å². The molecule has 2 amide bonds. The number of amides is 2. The molecule has 14 nitrogen and oxygen atoms in total. The van der Waals surface area contributed by atoms with Crippen molar-refractivity contribution in [3.05, 3.63) is 0 Å². The first-order chi connectivity index (χ1) is 20.0. The molecule has 0 aliphatic carbocycles. The van der Waals surface area contributed by atoms with Crippen LogP contribution in [0.3, 0.4) is 0 Å². The van der Waals surface area contributed by atoms with Gasteiger partial charge in [0.1, 0.15) is 0 Å². The summed E-state index contributed by atoms with van der Waals surface area (Å²) in [6, 6.07) is -0.479. The first-order valence-electron chi connectivity index (χ1n) is 14.6. The Kier molecular flexibility index (Phi) is 22.4. The fraction of sp³-hybridized carbons (Fsp3) is 0.923. The number of azo groups is 1. The van der Waals surface area contributed by atoms with E-state index in [9.17, 15) is 9.59 Å². The van der Waals surface area contributed by atoms with Crippen molar-refractivity contribution in [1.82, 2.24) is 21.3 Å². The molecule has 0 bridgehead atoms. The predicted octanol–water partition coefficient (Wildman–Crippen LogP) is 1.44. The Morgan fingerprint density at radius 2 is 0.881 bits per heavy atom. The summed E-state index contributed by atoms with van der Waals surface area (Å²) >= 11 is 0. The van der Waals surface area contributed by atoms with Gasteiger partial charge in [0, 0.05) is 80.9 Å². The smallest absolute Gasteiger partial charge is 0.377 e. The van der Waals surface area contributed by atoms with Crippen LogP contribution in [-0.2, 0) is 36.1 Å². The van der Waals surface area contributed by atoms with Crippen LogP contribution in [-0.4, -0.2) is 123 Å². The van der Waals surface area contributed by atoms with Crippen molar-refractivity contribution in [1.29, 1.82) is 0 Å². The molecule has 0 aromatic carbocycles. The summed E-state index contributed by atoms with van der Waals surface area (Å²) in [5, 5.41) is 21.1. The normalized spacial score (nSPS) is 14.1. The Balaban J connectivity index is 5.41. The Hall–Kier alpha value is -1.35. The SMILES string of the molecule is CO[Si](CCCNC(=O)C(CNCC(C)C)N=NC(CNCC(C)C)C(=O)NCCC[Si](OC)(OC)OC)(OC)OC. The Morgan fingerprint density at radius 1 is 0.571 bits per heavy atom. The maximum Gasteiger partial charge on any atom is 0.500 e. The third-order valence-corrected chi connectivity index (χ3v) is 12.2. The monoisotopic (exact) mass is 638 g/mol. The quantitative estimate of drug-likeness (QED) is 0.0620. The highest BCUT2D eigenvalue weighted by molar-refractivity contribution is 6.60. The molecule has 0 radical (unpaired) electrons. The molecule has 2 unspecified atom stereocenters. The van der Waals surface area contributed by atoms with Crippen LogP contribution in [0.5, 0.6) is 0 Å². The zero-order valence-corrected chi connectivity index (χ0v) is 29.5. The third-order valence-electron chi connectivity index (χ3n) is 6.52. The summed E-state index contributed by atoms with van der Waals surface area (Å²) in [7, 11) is 3.92. The second-order valence-corrected chi connectivity index (χ2v) is 16.9. The molecule has 0 saturated heterocycles. The van der Waals surface area contributed by atoms with E-state index in [0.717, 1.165) is 13.1 Å². The van der Waals surface area contributed by atoms with E-state index in [-0.39, 0.29) is 11.8 Å². The van der Waals surface area contributed by atoms with E-state index in [1.807, 2.05) is 0 Å². The number of hydrogen-bond acceptors (Lipinski definition) is 12. The van der Waals surface area contributed by atoms with E-state index in [2.05, 4.69) is 59.2 Å². The lowest BCUT2D eigenvalue weighted by Gasteiger charge is -2.24. The lowest BCUT2D eigenvalue weighted by molar-refractivity contribution is -0.123. The molecule has 0 aliphatic rings. The van der Waals surface area contributed by atoms with E-state index in [4.69, 9.17) is 26.6 Å². The van der Waals surface area contributed by atoms with E-state index in [0.29, 0.717) is 62.9 Å². The molecule has 0 aromatic rings. The number of rotatable bonds is 26. The van der Waals surface area contributed by atoms with Gasteiger partial charge in [0.05, 0.1) is 0 Å². The molecular weight excluding hydrogens is 580 g/mol. The Morgan fingerprint density at radius 3 is 1.14 bits per heavy atom. The topological polar surface area (TPSA) is 162 Å². The second-order valence-electron chi connectivity index (χ2n) is 10.7. The molecule has 248 valence electrons. The summed E-state index contributed by atoms with van der Waals surface area (Å²) in [6.07, 6.45) is 1.22. The van der Waals surface area contributed by atoms with Crippen LogP contribution in [0.2, 0.25) is 12.1 Å². The molecule has 0 fully saturated rings. The van der Waals surface area contributed by atoms with Crippen molar-refractivity contribution in [2.45, 2.75) is 64.7 Å². The largest absolute Gasteiger partial charge is 0.500 e. The van der Waals surface area contributed by atoms with Gasteiger partial charge in [0.25, 0.3) is 0 Å². The molecular formula is C26H58N6O8Si2. The summed E-state index contributed by atoms with van der Waals surface area (Å²) < 4.78 is 32.7. The van der Waals surface area contributed by atoms with Gasteiger partial charge in [-0.3, -0.25) is 9.59 Å². The molecule has 0 saturated carbocycles. The highest BCUT2D eigenvalue weighted by atomic mass is 28.4. The molecule has 4 N–H and O–H groups in total. The van der Waals surface area contributed by atoms with Crippen LogP contribution in [0, 0.1) is 11.8 Å². The van der Waals surface area contributed by atoms with Crippen LogP contribution in [0.4, 0.5) is 0 Å². The molecule has 2 atom stereocenters. The minimum atomic E-state index is -2.72. The zero-order valence-electron chi connectivity index (χ0n) is 27.5. The van der Waals surface area contributed by atoms with Crippen LogP contribution >= 0.6 is 0 Å². The average Bonchev–Trinajstić information content (AvgIpc) is 2.98. The van der Waals surface area contributed by atoms with Gasteiger partial charge in [-0.1, -0.05) is 27.7 Å². The van der Waals surface area contributed by atoms with Gasteiger partial charge in [0.15, 0.2) is 12.1 Å². The van der Waals surface area contributed by atoms with Crippen LogP contribution in [0.1, 0.15) is 40.5 Å². The Bertz CT molecular complexity index is 682. The number of nitrogens with zero attached hydrogens (tertiary/aromatic N) is 2. The maximum atomic E-state index is 13.1. The summed E-state index contributed by atoms with van der Waals surface area (Å²) in [4.78, 5) is 26.2. The van der Waals surface area contributed by atoms with Gasteiger partial charge in [-0.05, 0) is 37.8 Å². The number of carbonyl (C=O) groups excluding carboxylic acids is 2. The average molecular weight is 639 g/mol. The minimum absolute atomic E-state index is 0.274. The first kappa shape index (κ1) is 40.7. The van der Waals surface area contributed by atoms with Crippen molar-refractivity contribution in [3.63, 3.8) is 0 Å². The van der Waals surface area contributed by atoms with E-state index in [1.54, 1.807) is 42.7 Å². The molecule has 16 heteroatoms. The summed E-state index contributed by atoms with van der Waals surface area (Å²) in [6.45, 7) is 11.2. The predicted molar refractivity (Wildman–Crippen MR) is 166 cm³/mol. The molecule has 0 rings (SSSR count). The van der Waals surface area contributed by atoms with Gasteiger partial charge in [-0.2, -0.15) is 10.2 Å². The van der Waals surface area contributed by atoms with Crippen LogP contribution in [0.25, 0.3) is 0 Å². The summed E-state index contributed by atoms with van der Waals surface area (Å²) in [5.74, 6) is 0.249. The van der Waals surface area contributed by atoms with Gasteiger partial charge >= 0.3 is 17.6 Å². The number of carbonyl (C=O) groups is 2. The van der Waals surface area contributed by atoms with E-state index in [1.165, 1.54) is 0 Å². The van der Waals surface area contributed by atoms with Gasteiger partial charge in [-0.25, -0.2) is 0 Å². The molecule has 0 aromatic heterocycles. The van der Waals surface area contributed by atoms with Crippen LogP contribution < -0.4 is 21.3 Å². The molecule has 0 aliphatic heterocycles. The Labute approximate surface area is 255 Å². The molecule has 0 spiro atoms. The van der Waals surface area contributed by atoms with Crippen molar-refractivity contribution in [2.24, 2.45) is 22.1 Å². The van der Waals surface area contributed by atoms with E-state index < -0.39 is 29.7 Å². The summed E-state index contributed by atoms with van der Waals surface area (Å²) in [5.41, 5.74) is 0. The van der Waals surface area contributed by atoms with Gasteiger partial charge in [0.2, 0.25) is 11.8 Å². The lowest BCUT2D eigenvalue weighted by atomic mass is 10.2. The highest BCUT2D eigenvalue weighted by Crippen LogP contribution is 2.15. The fourth-order valence-electron chi connectivity index (χ4n) is 3.93.